The second-order valence-electron chi connectivity index (χ2n) is 7.73. The minimum Gasteiger partial charge on any atom is -0.550 e. The molecule has 0 aromatic heterocycles. The van der Waals surface area contributed by atoms with Crippen LogP contribution >= 0.6 is 7.92 Å². The second-order valence-corrected chi connectivity index (χ2v) is 10.0. The van der Waals surface area contributed by atoms with Crippen LogP contribution in [0.15, 0.2) is 102 Å². The number of unbranched alkanes of at least 4 members (excludes halogenated alkanes) is 1. The zero-order chi connectivity index (χ0) is 20.8. The summed E-state index contributed by atoms with van der Waals surface area (Å²) in [6, 6.07) is 32.4. The average Bonchev–Trinajstić information content (AvgIpc) is 3.18. The number of benzene rings is 3. The molecular formula is C27H26KO2P. The molecule has 31 heavy (non-hydrogen) atoms. The summed E-state index contributed by atoms with van der Waals surface area (Å²) in [6.45, 7) is 0. The summed E-state index contributed by atoms with van der Waals surface area (Å²) in [5.41, 5.74) is 2.48. The van der Waals surface area contributed by atoms with Gasteiger partial charge in [0.1, 0.15) is 0 Å². The summed E-state index contributed by atoms with van der Waals surface area (Å²) in [4.78, 5) is 10.9. The van der Waals surface area contributed by atoms with Crippen LogP contribution in [0.4, 0.5) is 0 Å². The van der Waals surface area contributed by atoms with Gasteiger partial charge in [-0.1, -0.05) is 97.1 Å². The molecule has 3 aromatic carbocycles. The van der Waals surface area contributed by atoms with Crippen molar-refractivity contribution in [3.63, 3.8) is 0 Å². The van der Waals surface area contributed by atoms with E-state index in [0.717, 1.165) is 19.0 Å². The van der Waals surface area contributed by atoms with Gasteiger partial charge >= 0.3 is 51.4 Å². The van der Waals surface area contributed by atoms with Crippen molar-refractivity contribution >= 4 is 19.2 Å². The molecule has 152 valence electrons. The van der Waals surface area contributed by atoms with Crippen LogP contribution in [0.25, 0.3) is 0 Å². The maximum absolute atomic E-state index is 10.9. The molecule has 0 N–H and O–H groups in total. The van der Waals surface area contributed by atoms with E-state index in [1.54, 1.807) is 0 Å². The first-order valence-electron chi connectivity index (χ1n) is 10.6. The molecule has 0 spiro atoms. The van der Waals surface area contributed by atoms with Gasteiger partial charge in [0.2, 0.25) is 0 Å². The Bertz CT molecular complexity index is 964. The molecule has 4 heteroatoms. The summed E-state index contributed by atoms with van der Waals surface area (Å²) < 4.78 is 0. The number of carboxylic acids is 1. The van der Waals surface area contributed by atoms with Crippen LogP contribution in [0.5, 0.6) is 0 Å². The summed E-state index contributed by atoms with van der Waals surface area (Å²) >= 11 is 0. The molecule has 3 aromatic rings. The molecule has 1 aliphatic heterocycles. The third kappa shape index (κ3) is 5.47. The Morgan fingerprint density at radius 2 is 1.39 bits per heavy atom. The van der Waals surface area contributed by atoms with Gasteiger partial charge in [0.05, 0.1) is 0 Å². The van der Waals surface area contributed by atoms with Crippen molar-refractivity contribution in [3.8, 4) is 0 Å². The summed E-state index contributed by atoms with van der Waals surface area (Å²) in [5, 5.41) is 13.8. The maximum Gasteiger partial charge on any atom is 1.00 e. The predicted molar refractivity (Wildman–Crippen MR) is 123 cm³/mol. The molecule has 1 atom stereocenters. The SMILES string of the molecule is O=C([O-])CCCC=C1P(c2ccccc2)CCC1(c1ccccc1)c1ccccc1.[K+]. The number of hydrogen-bond acceptors (Lipinski definition) is 2. The van der Waals surface area contributed by atoms with E-state index in [9.17, 15) is 9.90 Å². The molecule has 0 aliphatic carbocycles. The Balaban J connectivity index is 0.00000272. The van der Waals surface area contributed by atoms with Crippen LogP contribution in [-0.2, 0) is 10.2 Å². The Hall–Kier alpha value is -1.06. The molecular weight excluding hydrogens is 426 g/mol. The van der Waals surface area contributed by atoms with Crippen molar-refractivity contribution in [2.24, 2.45) is 0 Å². The van der Waals surface area contributed by atoms with Gasteiger partial charge in [0.25, 0.3) is 0 Å². The fraction of sp³-hybridized carbons (Fsp3) is 0.222. The van der Waals surface area contributed by atoms with Crippen molar-refractivity contribution in [2.45, 2.75) is 31.1 Å². The third-order valence-corrected chi connectivity index (χ3v) is 8.70. The van der Waals surface area contributed by atoms with Crippen molar-refractivity contribution in [3.05, 3.63) is 114 Å². The molecule has 2 nitrogen and oxygen atoms in total. The van der Waals surface area contributed by atoms with Gasteiger partial charge < -0.3 is 9.90 Å². The van der Waals surface area contributed by atoms with E-state index in [4.69, 9.17) is 0 Å². The van der Waals surface area contributed by atoms with Gasteiger partial charge in [-0.3, -0.25) is 0 Å². The van der Waals surface area contributed by atoms with Gasteiger partial charge in [0.15, 0.2) is 0 Å². The number of carbonyl (C=O) groups is 1. The molecule has 4 rings (SSSR count). The van der Waals surface area contributed by atoms with Crippen LogP contribution in [-0.4, -0.2) is 12.1 Å². The van der Waals surface area contributed by atoms with Crippen molar-refractivity contribution in [1.82, 2.24) is 0 Å². The molecule has 1 heterocycles. The summed E-state index contributed by atoms with van der Waals surface area (Å²) in [5.74, 6) is -0.970. The zero-order valence-corrected chi connectivity index (χ0v) is 22.1. The fourth-order valence-corrected chi connectivity index (χ4v) is 7.65. The van der Waals surface area contributed by atoms with Crippen molar-refractivity contribution in [1.29, 1.82) is 0 Å². The minimum atomic E-state index is -0.970. The Labute approximate surface area is 229 Å². The normalized spacial score (nSPS) is 18.5. The number of allylic oxidation sites excluding steroid dienone is 2. The first-order valence-corrected chi connectivity index (χ1v) is 12.1. The monoisotopic (exact) mass is 452 g/mol. The molecule has 0 radical (unpaired) electrons. The van der Waals surface area contributed by atoms with Crippen LogP contribution in [0, 0.1) is 0 Å². The van der Waals surface area contributed by atoms with Gasteiger partial charge in [-0.15, -0.1) is 0 Å². The molecule has 0 saturated carbocycles. The van der Waals surface area contributed by atoms with Crippen molar-refractivity contribution in [2.75, 3.05) is 6.16 Å². The first-order chi connectivity index (χ1) is 14.7. The van der Waals surface area contributed by atoms with Gasteiger partial charge in [-0.2, -0.15) is 0 Å². The van der Waals surface area contributed by atoms with E-state index in [0.29, 0.717) is 6.42 Å². The fourth-order valence-electron chi connectivity index (χ4n) is 4.60. The molecule has 0 bridgehead atoms. The number of carboxylic acid groups (broad SMARTS) is 1. The summed E-state index contributed by atoms with van der Waals surface area (Å²) in [7, 11) is -0.473. The zero-order valence-electron chi connectivity index (χ0n) is 18.0. The van der Waals surface area contributed by atoms with Gasteiger partial charge in [-0.25, -0.2) is 0 Å². The van der Waals surface area contributed by atoms with E-state index in [1.807, 2.05) is 0 Å². The summed E-state index contributed by atoms with van der Waals surface area (Å²) in [6.07, 6.45) is 6.02. The van der Waals surface area contributed by atoms with Crippen molar-refractivity contribution < 1.29 is 61.3 Å². The van der Waals surface area contributed by atoms with E-state index in [2.05, 4.69) is 97.1 Å². The van der Waals surface area contributed by atoms with Gasteiger partial charge in [-0.05, 0) is 61.5 Å². The maximum atomic E-state index is 10.9. The minimum absolute atomic E-state index is 0. The van der Waals surface area contributed by atoms with Gasteiger partial charge in [0, 0.05) is 11.4 Å². The Morgan fingerprint density at radius 3 is 1.90 bits per heavy atom. The first kappa shape index (κ1) is 24.6. The number of rotatable bonds is 7. The Morgan fingerprint density at radius 1 is 0.871 bits per heavy atom. The smallest absolute Gasteiger partial charge is 0.550 e. The predicted octanol–water partition coefficient (Wildman–Crippen LogP) is 1.99. The molecule has 1 fully saturated rings. The second kappa shape index (κ2) is 11.7. The Kier molecular flexibility index (Phi) is 9.27. The largest absolute Gasteiger partial charge is 1.00 e. The van der Waals surface area contributed by atoms with Crippen LogP contribution < -0.4 is 61.8 Å². The third-order valence-electron chi connectivity index (χ3n) is 5.96. The van der Waals surface area contributed by atoms with E-state index >= 15 is 0 Å². The van der Waals surface area contributed by atoms with Crippen LogP contribution in [0.3, 0.4) is 0 Å². The molecule has 1 unspecified atom stereocenters. The molecule has 1 aliphatic rings. The quantitative estimate of drug-likeness (QED) is 0.313. The topological polar surface area (TPSA) is 40.1 Å². The number of carbonyl (C=O) groups excluding carboxylic acids is 1. The van der Waals surface area contributed by atoms with E-state index < -0.39 is 13.9 Å². The van der Waals surface area contributed by atoms with Crippen LogP contribution in [0.2, 0.25) is 0 Å². The average molecular weight is 453 g/mol. The standard InChI is InChI=1S/C27H27O2P.K/c28-26(29)19-11-10-18-25-27(22-12-4-1-5-13-22,23-14-6-2-7-15-23)20-21-30(25)24-16-8-3-9-17-24;/h1-9,12-18H,10-11,19-21H2,(H,28,29);/q;+1/p-1. The van der Waals surface area contributed by atoms with E-state index in [1.165, 1.54) is 21.7 Å². The van der Waals surface area contributed by atoms with E-state index in [-0.39, 0.29) is 63.2 Å². The number of hydrogen-bond donors (Lipinski definition) is 0. The molecule has 0 amide bonds. The van der Waals surface area contributed by atoms with Crippen LogP contribution in [0.1, 0.15) is 36.8 Å². The number of aliphatic carboxylic acids is 1. The molecule has 1 saturated heterocycles.